The van der Waals surface area contributed by atoms with Crippen molar-refractivity contribution in [3.05, 3.63) is 54.1 Å². The number of rotatable bonds is 7. The number of nitrogens with one attached hydrogen (secondary N) is 2. The molecule has 0 radical (unpaired) electrons. The van der Waals surface area contributed by atoms with Gasteiger partial charge >= 0.3 is 0 Å². The zero-order chi connectivity index (χ0) is 22.6. The van der Waals surface area contributed by atoms with Crippen molar-refractivity contribution in [2.24, 2.45) is 0 Å². The number of likely N-dealkylation sites (tertiary alicyclic amines) is 1. The number of anilines is 1. The molecule has 0 spiro atoms. The van der Waals surface area contributed by atoms with Crippen LogP contribution in [0.5, 0.6) is 5.75 Å². The number of nitrogens with zero attached hydrogens (tertiary/aromatic N) is 1. The maximum Gasteiger partial charge on any atom is 0.241 e. The number of hydrogen-bond donors (Lipinski definition) is 2. The van der Waals surface area contributed by atoms with Gasteiger partial charge in [0.15, 0.2) is 0 Å². The SMILES string of the molecule is COc1ccc(C2CCN(C(=O)[C@H](C)NS(=O)(=O)c3ccc(NC(C)=O)cc3)C2)cc1. The van der Waals surface area contributed by atoms with Gasteiger partial charge in [0.05, 0.1) is 18.0 Å². The van der Waals surface area contributed by atoms with Gasteiger partial charge in [-0.15, -0.1) is 0 Å². The Labute approximate surface area is 182 Å². The summed E-state index contributed by atoms with van der Waals surface area (Å²) < 4.78 is 33.0. The van der Waals surface area contributed by atoms with Crippen molar-refractivity contribution in [1.82, 2.24) is 9.62 Å². The predicted octanol–water partition coefficient (Wildman–Crippen LogP) is 2.34. The van der Waals surface area contributed by atoms with Gasteiger partial charge in [-0.2, -0.15) is 4.72 Å². The predicted molar refractivity (Wildman–Crippen MR) is 117 cm³/mol. The smallest absolute Gasteiger partial charge is 0.241 e. The second-order valence-corrected chi connectivity index (χ2v) is 9.31. The minimum atomic E-state index is -3.88. The fourth-order valence-corrected chi connectivity index (χ4v) is 4.85. The van der Waals surface area contributed by atoms with Crippen LogP contribution >= 0.6 is 0 Å². The van der Waals surface area contributed by atoms with Gasteiger partial charge < -0.3 is 15.0 Å². The lowest BCUT2D eigenvalue weighted by Gasteiger charge is -2.22. The normalized spacial score (nSPS) is 17.3. The first-order valence-corrected chi connectivity index (χ1v) is 11.5. The number of carbonyl (C=O) groups excluding carboxylic acids is 2. The highest BCUT2D eigenvalue weighted by atomic mass is 32.2. The molecule has 0 aromatic heterocycles. The van der Waals surface area contributed by atoms with Crippen molar-refractivity contribution in [3.8, 4) is 5.75 Å². The highest BCUT2D eigenvalue weighted by molar-refractivity contribution is 7.89. The minimum Gasteiger partial charge on any atom is -0.497 e. The second kappa shape index (κ2) is 9.49. The van der Waals surface area contributed by atoms with Crippen molar-refractivity contribution in [2.45, 2.75) is 37.1 Å². The first-order chi connectivity index (χ1) is 14.7. The third kappa shape index (κ3) is 5.62. The molecule has 0 saturated carbocycles. The van der Waals surface area contributed by atoms with Gasteiger partial charge in [0.25, 0.3) is 0 Å². The Morgan fingerprint density at radius 2 is 1.74 bits per heavy atom. The van der Waals surface area contributed by atoms with Crippen LogP contribution in [-0.2, 0) is 19.6 Å². The van der Waals surface area contributed by atoms with E-state index in [0.29, 0.717) is 18.8 Å². The Morgan fingerprint density at radius 3 is 2.32 bits per heavy atom. The van der Waals surface area contributed by atoms with Crippen LogP contribution in [0.25, 0.3) is 0 Å². The number of benzene rings is 2. The van der Waals surface area contributed by atoms with Crippen molar-refractivity contribution >= 4 is 27.5 Å². The Bertz CT molecular complexity index is 1040. The zero-order valence-electron chi connectivity index (χ0n) is 17.8. The molecule has 1 aliphatic heterocycles. The lowest BCUT2D eigenvalue weighted by Crippen LogP contribution is -2.46. The van der Waals surface area contributed by atoms with Crippen LogP contribution in [0.4, 0.5) is 5.69 Å². The van der Waals surface area contributed by atoms with Crippen molar-refractivity contribution in [2.75, 3.05) is 25.5 Å². The molecular formula is C22H27N3O5S. The molecule has 0 bridgehead atoms. The lowest BCUT2D eigenvalue weighted by molar-refractivity contribution is -0.131. The molecular weight excluding hydrogens is 418 g/mol. The fourth-order valence-electron chi connectivity index (χ4n) is 3.65. The van der Waals surface area contributed by atoms with Crippen molar-refractivity contribution in [3.63, 3.8) is 0 Å². The third-order valence-electron chi connectivity index (χ3n) is 5.27. The monoisotopic (exact) mass is 445 g/mol. The molecule has 9 heteroatoms. The average Bonchev–Trinajstić information content (AvgIpc) is 3.23. The molecule has 2 amide bonds. The van der Waals surface area contributed by atoms with E-state index in [1.165, 1.54) is 31.2 Å². The molecule has 1 aliphatic rings. The summed E-state index contributed by atoms with van der Waals surface area (Å²) >= 11 is 0. The van der Waals surface area contributed by atoms with E-state index in [9.17, 15) is 18.0 Å². The molecule has 1 fully saturated rings. The number of hydrogen-bond acceptors (Lipinski definition) is 5. The van der Waals surface area contributed by atoms with Crippen LogP contribution in [0.15, 0.2) is 53.4 Å². The number of amides is 2. The van der Waals surface area contributed by atoms with Gasteiger partial charge in [0.1, 0.15) is 5.75 Å². The number of carbonyl (C=O) groups is 2. The summed E-state index contributed by atoms with van der Waals surface area (Å²) in [6, 6.07) is 12.7. The van der Waals surface area contributed by atoms with Gasteiger partial charge in [-0.1, -0.05) is 12.1 Å². The van der Waals surface area contributed by atoms with E-state index in [0.717, 1.165) is 17.7 Å². The topological polar surface area (TPSA) is 105 Å². The molecule has 2 atom stereocenters. The lowest BCUT2D eigenvalue weighted by atomic mass is 9.98. The molecule has 3 rings (SSSR count). The summed E-state index contributed by atoms with van der Waals surface area (Å²) in [5, 5.41) is 2.58. The number of sulfonamides is 1. The summed E-state index contributed by atoms with van der Waals surface area (Å²) in [7, 11) is -2.26. The number of methoxy groups -OCH3 is 1. The Morgan fingerprint density at radius 1 is 1.10 bits per heavy atom. The van der Waals surface area contributed by atoms with Crippen LogP contribution in [0.2, 0.25) is 0 Å². The molecule has 8 nitrogen and oxygen atoms in total. The maximum atomic E-state index is 12.8. The highest BCUT2D eigenvalue weighted by Gasteiger charge is 2.31. The van der Waals surface area contributed by atoms with Crippen LogP contribution in [0.3, 0.4) is 0 Å². The van der Waals surface area contributed by atoms with Crippen molar-refractivity contribution in [1.29, 1.82) is 0 Å². The minimum absolute atomic E-state index is 0.0267. The summed E-state index contributed by atoms with van der Waals surface area (Å²) in [6.07, 6.45) is 0.822. The first kappa shape index (κ1) is 22.8. The van der Waals surface area contributed by atoms with Crippen LogP contribution in [-0.4, -0.2) is 51.4 Å². The quantitative estimate of drug-likeness (QED) is 0.681. The molecule has 0 aliphatic carbocycles. The van der Waals surface area contributed by atoms with E-state index < -0.39 is 16.1 Å². The molecule has 2 N–H and O–H groups in total. The largest absolute Gasteiger partial charge is 0.497 e. The highest BCUT2D eigenvalue weighted by Crippen LogP contribution is 2.29. The summed E-state index contributed by atoms with van der Waals surface area (Å²) in [6.45, 7) is 4.04. The van der Waals surface area contributed by atoms with Crippen LogP contribution in [0.1, 0.15) is 31.7 Å². The Hall–Kier alpha value is -2.91. The molecule has 166 valence electrons. The molecule has 2 aromatic rings. The van der Waals surface area contributed by atoms with Gasteiger partial charge in [0, 0.05) is 31.6 Å². The Balaban J connectivity index is 1.61. The van der Waals surface area contributed by atoms with E-state index in [-0.39, 0.29) is 22.6 Å². The molecule has 2 aromatic carbocycles. The second-order valence-electron chi connectivity index (χ2n) is 7.59. The fraction of sp³-hybridized carbons (Fsp3) is 0.364. The van der Waals surface area contributed by atoms with Crippen LogP contribution < -0.4 is 14.8 Å². The van der Waals surface area contributed by atoms with E-state index in [1.54, 1.807) is 18.9 Å². The van der Waals surface area contributed by atoms with Gasteiger partial charge in [0.2, 0.25) is 21.8 Å². The Kier molecular flexibility index (Phi) is 6.97. The summed E-state index contributed by atoms with van der Waals surface area (Å²) in [4.78, 5) is 25.7. The number of ether oxygens (including phenoxy) is 1. The molecule has 1 unspecified atom stereocenters. The first-order valence-electron chi connectivity index (χ1n) is 10.0. The zero-order valence-corrected chi connectivity index (χ0v) is 18.6. The summed E-state index contributed by atoms with van der Waals surface area (Å²) in [5.74, 6) is 0.490. The average molecular weight is 446 g/mol. The standard InChI is InChI=1S/C22H27N3O5S/c1-15(24-31(28,29)21-10-6-19(7-11-21)23-16(2)26)22(27)25-13-12-18(14-25)17-4-8-20(30-3)9-5-17/h4-11,15,18,24H,12-14H2,1-3H3,(H,23,26)/t15-,18?/m0/s1. The van der Waals surface area contributed by atoms with Gasteiger partial charge in [-0.05, 0) is 55.3 Å². The van der Waals surface area contributed by atoms with E-state index in [1.807, 2.05) is 24.3 Å². The van der Waals surface area contributed by atoms with Gasteiger partial charge in [-0.25, -0.2) is 8.42 Å². The van der Waals surface area contributed by atoms with E-state index >= 15 is 0 Å². The maximum absolute atomic E-state index is 12.8. The van der Waals surface area contributed by atoms with Crippen molar-refractivity contribution < 1.29 is 22.7 Å². The van der Waals surface area contributed by atoms with Gasteiger partial charge in [-0.3, -0.25) is 9.59 Å². The van der Waals surface area contributed by atoms with E-state index in [2.05, 4.69) is 10.0 Å². The summed E-state index contributed by atoms with van der Waals surface area (Å²) in [5.41, 5.74) is 1.63. The molecule has 1 saturated heterocycles. The molecule has 1 heterocycles. The van der Waals surface area contributed by atoms with Crippen LogP contribution in [0, 0.1) is 0 Å². The third-order valence-corrected chi connectivity index (χ3v) is 6.83. The molecule has 31 heavy (non-hydrogen) atoms. The van der Waals surface area contributed by atoms with E-state index in [4.69, 9.17) is 4.74 Å².